The van der Waals surface area contributed by atoms with Crippen molar-refractivity contribution in [3.8, 4) is 0 Å². The fourth-order valence-electron chi connectivity index (χ4n) is 3.62. The number of rotatable bonds is 9. The van der Waals surface area contributed by atoms with E-state index in [9.17, 15) is 8.42 Å². The van der Waals surface area contributed by atoms with Crippen LogP contribution in [-0.4, -0.2) is 95.0 Å². The first-order valence-corrected chi connectivity index (χ1v) is 12.4. The average molecular weight is 418 g/mol. The van der Waals surface area contributed by atoms with Crippen molar-refractivity contribution in [3.63, 3.8) is 0 Å². The Morgan fingerprint density at radius 2 is 1.96 bits per heavy atom. The Kier molecular flexibility index (Phi) is 9.98. The van der Waals surface area contributed by atoms with Gasteiger partial charge < -0.3 is 15.0 Å². The summed E-state index contributed by atoms with van der Waals surface area (Å²) in [5.74, 6) is 1.49. The highest BCUT2D eigenvalue weighted by molar-refractivity contribution is 7.89. The van der Waals surface area contributed by atoms with E-state index in [4.69, 9.17) is 4.74 Å². The van der Waals surface area contributed by atoms with Crippen LogP contribution in [0.25, 0.3) is 0 Å². The van der Waals surface area contributed by atoms with E-state index in [0.29, 0.717) is 12.5 Å². The quantitative estimate of drug-likeness (QED) is 0.425. The van der Waals surface area contributed by atoms with Crippen LogP contribution < -0.4 is 10.0 Å². The molecule has 2 fully saturated rings. The lowest BCUT2D eigenvalue weighted by Crippen LogP contribution is -2.53. The zero-order valence-corrected chi connectivity index (χ0v) is 18.6. The summed E-state index contributed by atoms with van der Waals surface area (Å²) >= 11 is 0. The van der Waals surface area contributed by atoms with Crippen molar-refractivity contribution in [1.82, 2.24) is 19.8 Å². The number of hydrogen-bond donors (Lipinski definition) is 2. The zero-order valence-electron chi connectivity index (χ0n) is 17.8. The van der Waals surface area contributed by atoms with Crippen LogP contribution in [0.15, 0.2) is 4.99 Å². The molecule has 0 spiro atoms. The van der Waals surface area contributed by atoms with E-state index in [-0.39, 0.29) is 18.4 Å². The van der Waals surface area contributed by atoms with Crippen LogP contribution in [0, 0.1) is 5.92 Å². The normalized spacial score (nSPS) is 22.6. The second kappa shape index (κ2) is 11.9. The molecule has 2 N–H and O–H groups in total. The van der Waals surface area contributed by atoms with Crippen LogP contribution in [0.2, 0.25) is 0 Å². The summed E-state index contributed by atoms with van der Waals surface area (Å²) in [6, 6.07) is 0. The van der Waals surface area contributed by atoms with E-state index < -0.39 is 10.0 Å². The SMILES string of the molecule is CCNC(=NCCS(=O)(=O)NCC1CCCCO1)N1CCN(CC(C)C)CC1. The minimum absolute atomic E-state index is 0.00191. The van der Waals surface area contributed by atoms with Crippen molar-refractivity contribution in [2.45, 2.75) is 46.1 Å². The molecular formula is C19H39N5O3S. The molecule has 9 heteroatoms. The number of hydrogen-bond acceptors (Lipinski definition) is 5. The molecule has 0 aromatic heterocycles. The fourth-order valence-corrected chi connectivity index (χ4v) is 4.53. The topological polar surface area (TPSA) is 86.3 Å². The molecule has 2 rings (SSSR count). The number of piperazine rings is 1. The van der Waals surface area contributed by atoms with Gasteiger partial charge >= 0.3 is 0 Å². The lowest BCUT2D eigenvalue weighted by Gasteiger charge is -2.37. The summed E-state index contributed by atoms with van der Waals surface area (Å²) in [5.41, 5.74) is 0. The predicted molar refractivity (Wildman–Crippen MR) is 114 cm³/mol. The van der Waals surface area contributed by atoms with Crippen LogP contribution in [0.3, 0.4) is 0 Å². The van der Waals surface area contributed by atoms with Crippen molar-refractivity contribution >= 4 is 16.0 Å². The highest BCUT2D eigenvalue weighted by atomic mass is 32.2. The van der Waals surface area contributed by atoms with Gasteiger partial charge in [-0.3, -0.25) is 9.89 Å². The van der Waals surface area contributed by atoms with Gasteiger partial charge in [0.05, 0.1) is 18.4 Å². The van der Waals surface area contributed by atoms with Crippen molar-refractivity contribution in [1.29, 1.82) is 0 Å². The summed E-state index contributed by atoms with van der Waals surface area (Å²) in [6.45, 7) is 13.6. The van der Waals surface area contributed by atoms with Crippen LogP contribution in [0.5, 0.6) is 0 Å². The minimum Gasteiger partial charge on any atom is -0.377 e. The van der Waals surface area contributed by atoms with Gasteiger partial charge in [0.15, 0.2) is 5.96 Å². The van der Waals surface area contributed by atoms with Gasteiger partial charge in [-0.2, -0.15) is 0 Å². The summed E-state index contributed by atoms with van der Waals surface area (Å²) in [7, 11) is -3.34. The highest BCUT2D eigenvalue weighted by Gasteiger charge is 2.21. The molecule has 0 amide bonds. The third-order valence-electron chi connectivity index (χ3n) is 5.06. The molecule has 0 aliphatic carbocycles. The van der Waals surface area contributed by atoms with Gasteiger partial charge in [0, 0.05) is 52.4 Å². The summed E-state index contributed by atoms with van der Waals surface area (Å²) in [5, 5.41) is 3.30. The molecule has 0 aromatic rings. The largest absolute Gasteiger partial charge is 0.377 e. The van der Waals surface area contributed by atoms with Crippen LogP contribution in [0.4, 0.5) is 0 Å². The Balaban J connectivity index is 1.78. The molecule has 0 saturated carbocycles. The first kappa shape index (κ1) is 23.4. The van der Waals surface area contributed by atoms with Gasteiger partial charge in [0.25, 0.3) is 0 Å². The molecule has 2 saturated heterocycles. The lowest BCUT2D eigenvalue weighted by atomic mass is 10.1. The first-order valence-electron chi connectivity index (χ1n) is 10.7. The maximum Gasteiger partial charge on any atom is 0.213 e. The Bertz CT molecular complexity index is 568. The monoisotopic (exact) mass is 417 g/mol. The Morgan fingerprint density at radius 1 is 1.21 bits per heavy atom. The van der Waals surface area contributed by atoms with Gasteiger partial charge in [-0.15, -0.1) is 0 Å². The van der Waals surface area contributed by atoms with E-state index in [2.05, 4.69) is 38.7 Å². The van der Waals surface area contributed by atoms with E-state index >= 15 is 0 Å². The van der Waals surface area contributed by atoms with Crippen LogP contribution in [0.1, 0.15) is 40.0 Å². The van der Waals surface area contributed by atoms with Crippen molar-refractivity contribution in [2.24, 2.45) is 10.9 Å². The lowest BCUT2D eigenvalue weighted by molar-refractivity contribution is 0.0200. The summed E-state index contributed by atoms with van der Waals surface area (Å²) in [6.07, 6.45) is 3.10. The van der Waals surface area contributed by atoms with E-state index in [0.717, 1.165) is 71.1 Å². The minimum atomic E-state index is -3.34. The second-order valence-corrected chi connectivity index (χ2v) is 10.00. The Hall–Kier alpha value is -0.900. The van der Waals surface area contributed by atoms with Gasteiger partial charge in [-0.1, -0.05) is 13.8 Å². The maximum atomic E-state index is 12.3. The van der Waals surface area contributed by atoms with Gasteiger partial charge in [0.1, 0.15) is 0 Å². The molecule has 1 atom stereocenters. The van der Waals surface area contributed by atoms with Crippen LogP contribution in [-0.2, 0) is 14.8 Å². The smallest absolute Gasteiger partial charge is 0.213 e. The molecule has 0 radical (unpaired) electrons. The molecule has 28 heavy (non-hydrogen) atoms. The number of nitrogens with one attached hydrogen (secondary N) is 2. The third-order valence-corrected chi connectivity index (χ3v) is 6.38. The number of ether oxygens (including phenoxy) is 1. The third kappa shape index (κ3) is 8.63. The van der Waals surface area contributed by atoms with Gasteiger partial charge in [-0.05, 0) is 32.1 Å². The number of nitrogens with zero attached hydrogens (tertiary/aromatic N) is 3. The van der Waals surface area contributed by atoms with Crippen molar-refractivity contribution in [2.75, 3.05) is 64.7 Å². The number of aliphatic imine (C=N–C) groups is 1. The Morgan fingerprint density at radius 3 is 2.57 bits per heavy atom. The van der Waals surface area contributed by atoms with Gasteiger partial charge in [-0.25, -0.2) is 13.1 Å². The van der Waals surface area contributed by atoms with E-state index in [1.54, 1.807) is 0 Å². The zero-order chi connectivity index (χ0) is 20.4. The van der Waals surface area contributed by atoms with Crippen LogP contribution >= 0.6 is 0 Å². The fraction of sp³-hybridized carbons (Fsp3) is 0.947. The molecule has 0 bridgehead atoms. The molecule has 164 valence electrons. The van der Waals surface area contributed by atoms with Crippen molar-refractivity contribution < 1.29 is 13.2 Å². The molecule has 0 aromatic carbocycles. The molecule has 2 heterocycles. The van der Waals surface area contributed by atoms with Gasteiger partial charge in [0.2, 0.25) is 10.0 Å². The standard InChI is InChI=1S/C19H39N5O3S/c1-4-20-19(24-11-9-23(10-12-24)16-17(2)3)21-8-14-28(25,26)22-15-18-7-5-6-13-27-18/h17-18,22H,4-16H2,1-3H3,(H,20,21). The second-order valence-electron chi connectivity index (χ2n) is 8.07. The first-order chi connectivity index (χ1) is 13.4. The number of sulfonamides is 1. The maximum absolute atomic E-state index is 12.3. The highest BCUT2D eigenvalue weighted by Crippen LogP contribution is 2.12. The molecular weight excluding hydrogens is 378 g/mol. The number of guanidine groups is 1. The Labute approximate surface area is 171 Å². The predicted octanol–water partition coefficient (Wildman–Crippen LogP) is 0.714. The summed E-state index contributed by atoms with van der Waals surface area (Å²) in [4.78, 5) is 9.28. The average Bonchev–Trinajstić information content (AvgIpc) is 2.67. The van der Waals surface area contributed by atoms with E-state index in [1.165, 1.54) is 0 Å². The van der Waals surface area contributed by atoms with Crippen molar-refractivity contribution in [3.05, 3.63) is 0 Å². The van der Waals surface area contributed by atoms with E-state index in [1.807, 2.05) is 6.92 Å². The summed E-state index contributed by atoms with van der Waals surface area (Å²) < 4.78 is 32.8. The molecule has 2 aliphatic heterocycles. The molecule has 2 aliphatic rings. The molecule has 1 unspecified atom stereocenters. The molecule has 8 nitrogen and oxygen atoms in total.